The second-order valence-corrected chi connectivity index (χ2v) is 5.23. The largest absolute Gasteiger partial charge is 1.00 e. The molecule has 6 heteroatoms. The van der Waals surface area contributed by atoms with E-state index in [4.69, 9.17) is 0 Å². The van der Waals surface area contributed by atoms with Crippen LogP contribution in [0.1, 0.15) is 5.01 Å². The van der Waals surface area contributed by atoms with Crippen LogP contribution >= 0.6 is 11.3 Å². The van der Waals surface area contributed by atoms with E-state index in [9.17, 15) is 0 Å². The number of nitrogens with zero attached hydrogens (tertiary/aromatic N) is 4. The maximum atomic E-state index is 4.57. The summed E-state index contributed by atoms with van der Waals surface area (Å²) in [5, 5.41) is 9.19. The topological polar surface area (TPSA) is 43.6 Å². The van der Waals surface area contributed by atoms with Crippen LogP contribution < -0.4 is 18.9 Å². The molecule has 0 fully saturated rings. The number of aromatic nitrogens is 4. The first-order valence-corrected chi connectivity index (χ1v) is 6.72. The van der Waals surface area contributed by atoms with Crippen LogP contribution in [0.15, 0.2) is 48.5 Å². The Morgan fingerprint density at radius 1 is 0.950 bits per heavy atom. The van der Waals surface area contributed by atoms with Gasteiger partial charge in [-0.3, -0.25) is 4.98 Å². The fourth-order valence-corrected chi connectivity index (χ4v) is 2.92. The van der Waals surface area contributed by atoms with Gasteiger partial charge in [0.2, 0.25) is 0 Å². The molecule has 0 N–H and O–H groups in total. The molecule has 0 saturated carbocycles. The summed E-state index contributed by atoms with van der Waals surface area (Å²) in [6, 6.07) is 16.0. The fraction of sp³-hybridized carbons (Fsp3) is 0. The minimum absolute atomic E-state index is 0. The molecule has 2 aromatic carbocycles. The van der Waals surface area contributed by atoms with E-state index in [-0.39, 0.29) is 18.9 Å². The van der Waals surface area contributed by atoms with Gasteiger partial charge in [0.25, 0.3) is 0 Å². The number of hydrogen-bond acceptors (Lipinski definition) is 4. The number of thiazole rings is 1. The zero-order valence-corrected chi connectivity index (χ0v) is 11.7. The molecule has 4 rings (SSSR count). The van der Waals surface area contributed by atoms with Crippen LogP contribution in [0.4, 0.5) is 0 Å². The predicted molar refractivity (Wildman–Crippen MR) is 75.9 cm³/mol. The zero-order chi connectivity index (χ0) is 12.7. The minimum Gasteiger partial charge on any atom is -0.371 e. The third kappa shape index (κ3) is 2.20. The van der Waals surface area contributed by atoms with Crippen molar-refractivity contribution in [3.05, 3.63) is 60.1 Å². The van der Waals surface area contributed by atoms with Crippen molar-refractivity contribution in [1.29, 1.82) is 0 Å². The van der Waals surface area contributed by atoms with Gasteiger partial charge in [-0.05, 0) is 12.1 Å². The van der Waals surface area contributed by atoms with E-state index in [0.29, 0.717) is 0 Å². The number of rotatable bonds is 2. The summed E-state index contributed by atoms with van der Waals surface area (Å²) in [6.07, 6.45) is 0. The maximum absolute atomic E-state index is 4.57. The Morgan fingerprint density at radius 2 is 1.70 bits per heavy atom. The second-order valence-electron chi connectivity index (χ2n) is 4.17. The van der Waals surface area contributed by atoms with Gasteiger partial charge in [0.05, 0.1) is 15.2 Å². The average Bonchev–Trinajstić information content (AvgIpc) is 3.03. The Morgan fingerprint density at radius 3 is 2.55 bits per heavy atom. The minimum atomic E-state index is 0. The monoisotopic (exact) mass is 272 g/mol. The molecule has 0 aliphatic carbocycles. The van der Waals surface area contributed by atoms with Crippen molar-refractivity contribution in [2.24, 2.45) is 0 Å². The molecule has 92 valence electrons. The van der Waals surface area contributed by atoms with Gasteiger partial charge in [0.1, 0.15) is 0 Å². The van der Waals surface area contributed by atoms with E-state index in [1.807, 2.05) is 49.0 Å². The Hall–Kier alpha value is -1.80. The smallest absolute Gasteiger partial charge is 0.371 e. The van der Waals surface area contributed by atoms with Gasteiger partial charge in [-0.15, -0.1) is 17.4 Å². The standard InChI is InChI=1S/C14H9N4S.Li/c1-3-7-12-10(5-1)16-17-18(12)9-14-15-11-6-2-4-8-13(11)19-14;/h1-9H;/q-1;+1. The molecule has 0 radical (unpaired) electrons. The number of para-hydroxylation sites is 2. The van der Waals surface area contributed by atoms with Gasteiger partial charge < -0.3 is 4.68 Å². The molecule has 0 aliphatic rings. The molecular weight excluding hydrogens is 263 g/mol. The molecule has 0 spiro atoms. The first-order valence-electron chi connectivity index (χ1n) is 5.90. The van der Waals surface area contributed by atoms with E-state index in [2.05, 4.69) is 21.4 Å². The van der Waals surface area contributed by atoms with Crippen molar-refractivity contribution < 1.29 is 18.9 Å². The molecule has 0 aliphatic heterocycles. The van der Waals surface area contributed by atoms with E-state index in [1.165, 1.54) is 4.70 Å². The number of benzene rings is 2. The SMILES string of the molecule is [Li+].c1ccc2sc([CH-]n3nnc4ccccc43)nc2c1. The normalized spacial score (nSPS) is 10.6. The van der Waals surface area contributed by atoms with E-state index < -0.39 is 0 Å². The van der Waals surface area contributed by atoms with Crippen LogP contribution in [0.25, 0.3) is 21.3 Å². The Kier molecular flexibility index (Phi) is 3.49. The molecule has 4 nitrogen and oxygen atoms in total. The molecule has 4 aromatic rings. The van der Waals surface area contributed by atoms with Crippen LogP contribution in [0.3, 0.4) is 0 Å². The Bertz CT molecular complexity index is 835. The van der Waals surface area contributed by atoms with Crippen LogP contribution in [-0.4, -0.2) is 20.0 Å². The molecule has 0 amide bonds. The summed E-state index contributed by atoms with van der Waals surface area (Å²) in [5.41, 5.74) is 2.89. The molecule has 2 aromatic heterocycles. The quantitative estimate of drug-likeness (QED) is 0.384. The number of hydrogen-bond donors (Lipinski definition) is 0. The molecule has 0 atom stereocenters. The van der Waals surface area contributed by atoms with Crippen LogP contribution in [0, 0.1) is 6.54 Å². The van der Waals surface area contributed by atoms with Gasteiger partial charge >= 0.3 is 18.9 Å². The molecular formula is C14H9LiN4S. The van der Waals surface area contributed by atoms with Crippen molar-refractivity contribution in [1.82, 2.24) is 20.0 Å². The zero-order valence-electron chi connectivity index (χ0n) is 10.9. The summed E-state index contributed by atoms with van der Waals surface area (Å²) in [4.78, 5) is 4.57. The van der Waals surface area contributed by atoms with Gasteiger partial charge in [-0.2, -0.15) is 5.10 Å². The summed E-state index contributed by atoms with van der Waals surface area (Å²) in [7, 11) is 0. The van der Waals surface area contributed by atoms with Gasteiger partial charge in [-0.25, -0.2) is 0 Å². The van der Waals surface area contributed by atoms with Crippen molar-refractivity contribution in [3.63, 3.8) is 0 Å². The predicted octanol–water partition coefficient (Wildman–Crippen LogP) is 0.103. The van der Waals surface area contributed by atoms with E-state index >= 15 is 0 Å². The summed E-state index contributed by atoms with van der Waals surface area (Å²) >= 11 is 1.65. The molecule has 0 unspecified atom stereocenters. The average molecular weight is 272 g/mol. The third-order valence-corrected chi connectivity index (χ3v) is 3.89. The molecule has 2 heterocycles. The van der Waals surface area contributed by atoms with Crippen molar-refractivity contribution >= 4 is 32.6 Å². The van der Waals surface area contributed by atoms with E-state index in [1.54, 1.807) is 16.0 Å². The first-order chi connectivity index (χ1) is 9.40. The fourth-order valence-electron chi connectivity index (χ4n) is 2.03. The Labute approximate surface area is 131 Å². The molecule has 0 bridgehead atoms. The second kappa shape index (κ2) is 5.29. The first kappa shape index (κ1) is 13.2. The molecule has 0 saturated heterocycles. The third-order valence-electron chi connectivity index (χ3n) is 2.92. The van der Waals surface area contributed by atoms with E-state index in [0.717, 1.165) is 21.6 Å². The van der Waals surface area contributed by atoms with Gasteiger partial charge in [0.15, 0.2) is 0 Å². The summed E-state index contributed by atoms with van der Waals surface area (Å²) in [6.45, 7) is 1.92. The summed E-state index contributed by atoms with van der Waals surface area (Å²) in [5.74, 6) is 0. The molecule has 20 heavy (non-hydrogen) atoms. The number of fused-ring (bicyclic) bond motifs is 2. The maximum Gasteiger partial charge on any atom is 1.00 e. The van der Waals surface area contributed by atoms with Crippen LogP contribution in [-0.2, 0) is 0 Å². The Balaban J connectivity index is 0.00000121. The van der Waals surface area contributed by atoms with Gasteiger partial charge in [0, 0.05) is 5.52 Å². The van der Waals surface area contributed by atoms with Crippen molar-refractivity contribution in [3.8, 4) is 0 Å². The van der Waals surface area contributed by atoms with Crippen LogP contribution in [0.5, 0.6) is 0 Å². The van der Waals surface area contributed by atoms with Crippen molar-refractivity contribution in [2.45, 2.75) is 0 Å². The van der Waals surface area contributed by atoms with Gasteiger partial charge in [-0.1, -0.05) is 47.6 Å². The summed E-state index contributed by atoms with van der Waals surface area (Å²) < 4.78 is 2.95. The van der Waals surface area contributed by atoms with Crippen molar-refractivity contribution in [2.75, 3.05) is 0 Å². The van der Waals surface area contributed by atoms with Crippen LogP contribution in [0.2, 0.25) is 0 Å².